The summed E-state index contributed by atoms with van der Waals surface area (Å²) in [5, 5.41) is 15.0. The van der Waals surface area contributed by atoms with Crippen LogP contribution in [0.4, 0.5) is 27.6 Å². The van der Waals surface area contributed by atoms with Crippen LogP contribution in [0.2, 0.25) is 5.02 Å². The molecule has 196 valence electrons. The predicted octanol–water partition coefficient (Wildman–Crippen LogP) is 3.81. The summed E-state index contributed by atoms with van der Waals surface area (Å²) >= 11 is 5.86. The van der Waals surface area contributed by atoms with Crippen molar-refractivity contribution in [3.8, 4) is 11.4 Å². The molecule has 0 spiro atoms. The van der Waals surface area contributed by atoms with Crippen molar-refractivity contribution in [3.05, 3.63) is 68.9 Å². The number of ether oxygens (including phenoxy) is 1. The summed E-state index contributed by atoms with van der Waals surface area (Å²) in [6.45, 7) is -2.10. The molecule has 0 aliphatic carbocycles. The van der Waals surface area contributed by atoms with Gasteiger partial charge in [0.25, 0.3) is 5.91 Å². The highest BCUT2D eigenvalue weighted by atomic mass is 35.5. The first-order chi connectivity index (χ1) is 17.4. The van der Waals surface area contributed by atoms with Gasteiger partial charge >= 0.3 is 17.8 Å². The topological polar surface area (TPSA) is 115 Å². The lowest BCUT2D eigenvalue weighted by Gasteiger charge is -2.18. The fourth-order valence-electron chi connectivity index (χ4n) is 3.74. The molecule has 0 saturated heterocycles. The number of hydrogen-bond donors (Lipinski definition) is 2. The van der Waals surface area contributed by atoms with Crippen LogP contribution in [0.25, 0.3) is 5.69 Å². The lowest BCUT2D eigenvalue weighted by molar-refractivity contribution is -0.153. The molecule has 2 aromatic carbocycles. The van der Waals surface area contributed by atoms with Gasteiger partial charge in [0.2, 0.25) is 0 Å². The van der Waals surface area contributed by atoms with Crippen molar-refractivity contribution in [2.75, 3.05) is 11.9 Å². The van der Waals surface area contributed by atoms with E-state index in [2.05, 4.69) is 10.4 Å². The standard InChI is InChI=1S/C22H16ClF5N4O5/c23-12-2-1-3-13(24)18(12)29-19(33)11-6-14(25)15(7-16(11)37-9-22(26,27)28)32-21(36)31-8-10(20(34)35)4-5-17(31)30-32/h1-3,6-7,10H,4-5,8-9H2,(H,29,33)(H,34,35). The smallest absolute Gasteiger partial charge is 0.422 e. The first-order valence-electron chi connectivity index (χ1n) is 10.6. The summed E-state index contributed by atoms with van der Waals surface area (Å²) in [4.78, 5) is 36.9. The van der Waals surface area contributed by atoms with E-state index < -0.39 is 70.6 Å². The lowest BCUT2D eigenvalue weighted by atomic mass is 10.00. The molecule has 0 radical (unpaired) electrons. The van der Waals surface area contributed by atoms with Crippen LogP contribution in [-0.2, 0) is 17.8 Å². The van der Waals surface area contributed by atoms with Gasteiger partial charge in [0.15, 0.2) is 6.61 Å². The number of halogens is 6. The molecule has 1 atom stereocenters. The second-order valence-corrected chi connectivity index (χ2v) is 8.46. The fourth-order valence-corrected chi connectivity index (χ4v) is 3.95. The number of fused-ring (bicyclic) bond motifs is 1. The summed E-state index contributed by atoms with van der Waals surface area (Å²) in [7, 11) is 0. The number of aryl methyl sites for hydroxylation is 1. The molecule has 1 unspecified atom stereocenters. The minimum Gasteiger partial charge on any atom is -0.483 e. The Morgan fingerprint density at radius 3 is 2.59 bits per heavy atom. The van der Waals surface area contributed by atoms with E-state index in [1.54, 1.807) is 0 Å². The van der Waals surface area contributed by atoms with Crippen molar-refractivity contribution in [1.82, 2.24) is 14.3 Å². The van der Waals surface area contributed by atoms with Gasteiger partial charge in [-0.25, -0.2) is 13.6 Å². The average Bonchev–Trinajstić information content (AvgIpc) is 3.15. The Labute approximate surface area is 209 Å². The van der Waals surface area contributed by atoms with Crippen LogP contribution in [0.1, 0.15) is 22.6 Å². The zero-order valence-electron chi connectivity index (χ0n) is 18.5. The Morgan fingerprint density at radius 2 is 1.95 bits per heavy atom. The zero-order chi connectivity index (χ0) is 27.1. The van der Waals surface area contributed by atoms with E-state index in [0.29, 0.717) is 16.8 Å². The SMILES string of the molecule is O=C(Nc1c(F)cccc1Cl)c1cc(F)c(-n2nc3n(c2=O)CC(C(=O)O)CC3)cc1OCC(F)(F)F. The third-order valence-electron chi connectivity index (χ3n) is 5.52. The molecule has 2 N–H and O–H groups in total. The zero-order valence-corrected chi connectivity index (χ0v) is 19.2. The van der Waals surface area contributed by atoms with E-state index in [-0.39, 0.29) is 30.2 Å². The van der Waals surface area contributed by atoms with E-state index in [4.69, 9.17) is 16.3 Å². The highest BCUT2D eigenvalue weighted by molar-refractivity contribution is 6.34. The van der Waals surface area contributed by atoms with Gasteiger partial charge in [-0.3, -0.25) is 14.2 Å². The van der Waals surface area contributed by atoms with Gasteiger partial charge in [-0.15, -0.1) is 5.10 Å². The summed E-state index contributed by atoms with van der Waals surface area (Å²) in [6, 6.07) is 4.64. The minimum atomic E-state index is -4.84. The predicted molar refractivity (Wildman–Crippen MR) is 118 cm³/mol. The number of aromatic nitrogens is 3. The van der Waals surface area contributed by atoms with Gasteiger partial charge in [-0.1, -0.05) is 17.7 Å². The molecular weight excluding hydrogens is 531 g/mol. The summed E-state index contributed by atoms with van der Waals surface area (Å²) < 4.78 is 74.1. The lowest BCUT2D eigenvalue weighted by Crippen LogP contribution is -2.33. The normalized spacial score (nSPS) is 15.2. The maximum Gasteiger partial charge on any atom is 0.422 e. The molecule has 0 fully saturated rings. The largest absolute Gasteiger partial charge is 0.483 e. The van der Waals surface area contributed by atoms with E-state index in [9.17, 15) is 37.1 Å². The Kier molecular flexibility index (Phi) is 6.95. The molecule has 1 aliphatic heterocycles. The van der Waals surface area contributed by atoms with Gasteiger partial charge in [0, 0.05) is 19.0 Å². The third-order valence-corrected chi connectivity index (χ3v) is 5.84. The van der Waals surface area contributed by atoms with Gasteiger partial charge in [0.05, 0.1) is 22.2 Å². The highest BCUT2D eigenvalue weighted by Crippen LogP contribution is 2.30. The number of hydrogen-bond acceptors (Lipinski definition) is 5. The van der Waals surface area contributed by atoms with Crippen molar-refractivity contribution in [3.63, 3.8) is 0 Å². The number of carbonyl (C=O) groups excluding carboxylic acids is 1. The molecule has 1 amide bonds. The third kappa shape index (κ3) is 5.43. The Morgan fingerprint density at radius 1 is 1.22 bits per heavy atom. The molecule has 0 bridgehead atoms. The van der Waals surface area contributed by atoms with Crippen molar-refractivity contribution in [2.45, 2.75) is 25.6 Å². The van der Waals surface area contributed by atoms with Crippen LogP contribution in [0, 0.1) is 17.6 Å². The first-order valence-corrected chi connectivity index (χ1v) is 10.9. The molecule has 9 nitrogen and oxygen atoms in total. The van der Waals surface area contributed by atoms with E-state index >= 15 is 4.39 Å². The van der Waals surface area contributed by atoms with Gasteiger partial charge in [0.1, 0.15) is 28.9 Å². The maximum absolute atomic E-state index is 15.1. The summed E-state index contributed by atoms with van der Waals surface area (Å²) in [6.07, 6.45) is -4.58. The van der Waals surface area contributed by atoms with Crippen molar-refractivity contribution in [2.24, 2.45) is 5.92 Å². The van der Waals surface area contributed by atoms with Crippen LogP contribution in [0.3, 0.4) is 0 Å². The molecular formula is C22H16ClF5N4O5. The average molecular weight is 547 g/mol. The number of anilines is 1. The first kappa shape index (κ1) is 26.1. The molecule has 1 aromatic heterocycles. The maximum atomic E-state index is 15.1. The molecule has 1 aliphatic rings. The van der Waals surface area contributed by atoms with Crippen molar-refractivity contribution in [1.29, 1.82) is 0 Å². The summed E-state index contributed by atoms with van der Waals surface area (Å²) in [5.41, 5.74) is -2.81. The molecule has 3 aromatic rings. The quantitative estimate of drug-likeness (QED) is 0.454. The van der Waals surface area contributed by atoms with Crippen LogP contribution in [0.15, 0.2) is 35.1 Å². The molecule has 15 heteroatoms. The van der Waals surface area contributed by atoms with Gasteiger partial charge in [-0.05, 0) is 24.6 Å². The van der Waals surface area contributed by atoms with E-state index in [1.165, 1.54) is 12.1 Å². The van der Waals surface area contributed by atoms with Crippen LogP contribution >= 0.6 is 11.6 Å². The van der Waals surface area contributed by atoms with E-state index in [0.717, 1.165) is 10.6 Å². The van der Waals surface area contributed by atoms with Crippen LogP contribution in [-0.4, -0.2) is 44.1 Å². The van der Waals surface area contributed by atoms with Gasteiger partial charge in [-0.2, -0.15) is 17.9 Å². The van der Waals surface area contributed by atoms with E-state index in [1.807, 2.05) is 0 Å². The Balaban J connectivity index is 1.77. The number of nitrogens with zero attached hydrogens (tertiary/aromatic N) is 3. The monoisotopic (exact) mass is 546 g/mol. The number of rotatable bonds is 6. The number of para-hydroxylation sites is 1. The van der Waals surface area contributed by atoms with Crippen molar-refractivity contribution < 1.29 is 41.4 Å². The number of carboxylic acid groups (broad SMARTS) is 1. The number of nitrogens with one attached hydrogen (secondary N) is 1. The number of aliphatic carboxylic acids is 1. The number of benzene rings is 2. The Hall–Kier alpha value is -3.94. The second-order valence-electron chi connectivity index (χ2n) is 8.05. The van der Waals surface area contributed by atoms with Gasteiger partial charge < -0.3 is 15.2 Å². The van der Waals surface area contributed by atoms with Crippen molar-refractivity contribution >= 4 is 29.2 Å². The number of carbonyl (C=O) groups is 2. The Bertz CT molecular complexity index is 1430. The molecule has 2 heterocycles. The molecule has 4 rings (SSSR count). The number of alkyl halides is 3. The van der Waals surface area contributed by atoms with Crippen LogP contribution < -0.4 is 15.7 Å². The van der Waals surface area contributed by atoms with Crippen LogP contribution in [0.5, 0.6) is 5.75 Å². The number of amides is 1. The minimum absolute atomic E-state index is 0.0855. The highest BCUT2D eigenvalue weighted by Gasteiger charge is 2.32. The summed E-state index contributed by atoms with van der Waals surface area (Å²) in [5.74, 6) is -6.08. The fraction of sp³-hybridized carbons (Fsp3) is 0.273. The second kappa shape index (κ2) is 9.84. The molecule has 37 heavy (non-hydrogen) atoms. The number of carboxylic acids is 1. The molecule has 0 saturated carbocycles.